The van der Waals surface area contributed by atoms with Crippen LogP contribution in [0.5, 0.6) is 5.75 Å². The van der Waals surface area contributed by atoms with Crippen LogP contribution in [0.15, 0.2) is 146 Å². The summed E-state index contributed by atoms with van der Waals surface area (Å²) in [6.45, 7) is -22.3. The third-order valence-electron chi connectivity index (χ3n) is 10.2. The highest BCUT2D eigenvalue weighted by Crippen LogP contribution is 2.45. The predicted octanol–water partition coefficient (Wildman–Crippen LogP) is 14.7. The third kappa shape index (κ3) is 7.72. The molecular weight excluding hydrogens is 719 g/mol. The first-order valence-corrected chi connectivity index (χ1v) is 18.6. The van der Waals surface area contributed by atoms with Crippen LogP contribution in [0.3, 0.4) is 0 Å². The molecule has 0 fully saturated rings. The molecule has 4 nitrogen and oxygen atoms in total. The van der Waals surface area contributed by atoms with Crippen LogP contribution >= 0.6 is 0 Å². The zero-order chi connectivity index (χ0) is 63.7. The molecule has 2 heterocycles. The van der Waals surface area contributed by atoms with Crippen LogP contribution in [0.4, 0.5) is 0 Å². The van der Waals surface area contributed by atoms with E-state index >= 15 is 0 Å². The smallest absolute Gasteiger partial charge is 0.149 e. The van der Waals surface area contributed by atoms with Gasteiger partial charge in [0, 0.05) is 57.4 Å². The Labute approximate surface area is 386 Å². The Morgan fingerprint density at radius 2 is 1.34 bits per heavy atom. The highest BCUT2D eigenvalue weighted by molar-refractivity contribution is 5.97. The third-order valence-corrected chi connectivity index (χ3v) is 10.2. The van der Waals surface area contributed by atoms with Gasteiger partial charge in [-0.3, -0.25) is 9.55 Å². The number of hydrogen-bond acceptors (Lipinski definition) is 3. The number of benzene rings is 6. The molecule has 1 N–H and O–H groups in total. The van der Waals surface area contributed by atoms with Gasteiger partial charge in [-0.05, 0) is 116 Å². The number of pyridine rings is 1. The van der Waals surface area contributed by atoms with E-state index in [-0.39, 0.29) is 56.3 Å². The molecule has 0 saturated heterocycles. The van der Waals surface area contributed by atoms with Crippen LogP contribution in [0.25, 0.3) is 72.7 Å². The number of nitrogens with zero attached hydrogens (tertiary/aromatic N) is 3. The standard InChI is InChI=1S/C55H55N3O/c1-35-28-43(24-25-44(35)37-20-15-12-16-21-37)58-49-23-17-22-45(50(49)57-52(58)46-33-42(54(5,6)7)34-47(51(46)59)55(8,9)10)39-29-40(31-41(30-39)53(2,3)4)48-32-38(26-27-56-48)36-18-13-11-14-19-36/h11-34,59H,1-10H3/i1D3,5D3,6D3,7D3,8D3,9D3,10D3,11D,13D,14D,18D,19D. The van der Waals surface area contributed by atoms with Gasteiger partial charge in [-0.25, -0.2) is 4.98 Å². The molecule has 0 unspecified atom stereocenters. The van der Waals surface area contributed by atoms with Crippen LogP contribution in [0.1, 0.15) is 120 Å². The Bertz CT molecular complexity index is 3810. The molecule has 4 heteroatoms. The molecule has 0 spiro atoms. The van der Waals surface area contributed by atoms with Gasteiger partial charge in [-0.2, -0.15) is 0 Å². The summed E-state index contributed by atoms with van der Waals surface area (Å²) in [6.07, 6.45) is 1.40. The predicted molar refractivity (Wildman–Crippen MR) is 249 cm³/mol. The van der Waals surface area contributed by atoms with Gasteiger partial charge in [0.1, 0.15) is 11.6 Å². The van der Waals surface area contributed by atoms with Gasteiger partial charge < -0.3 is 5.11 Å². The van der Waals surface area contributed by atoms with E-state index < -0.39 is 123 Å². The lowest BCUT2D eigenvalue weighted by molar-refractivity contribution is 0.446. The molecular formula is C55H55N3O. The van der Waals surface area contributed by atoms with Gasteiger partial charge in [0.2, 0.25) is 0 Å². The number of phenols is 1. The second kappa shape index (κ2) is 14.8. The number of rotatable bonds is 6. The molecule has 0 radical (unpaired) electrons. The summed E-state index contributed by atoms with van der Waals surface area (Å²) >= 11 is 0. The molecule has 296 valence electrons. The number of fused-ring (bicyclic) bond motifs is 1. The van der Waals surface area contributed by atoms with Crippen LogP contribution in [0, 0.1) is 6.85 Å². The summed E-state index contributed by atoms with van der Waals surface area (Å²) in [6, 6.07) is 23.5. The average Bonchev–Trinajstić information content (AvgIpc) is 1.02. The number of aromatic hydroxyl groups is 1. The fraction of sp³-hybridized carbons (Fsp3) is 0.236. The van der Waals surface area contributed by atoms with Crippen molar-refractivity contribution >= 4 is 11.0 Å². The summed E-state index contributed by atoms with van der Waals surface area (Å²) in [5.41, 5.74) is -10.6. The van der Waals surface area contributed by atoms with Gasteiger partial charge in [0.25, 0.3) is 0 Å². The summed E-state index contributed by atoms with van der Waals surface area (Å²) in [7, 11) is 0. The van der Waals surface area contributed by atoms with Crippen LogP contribution < -0.4 is 0 Å². The van der Waals surface area contributed by atoms with Gasteiger partial charge in [-0.1, -0.05) is 153 Å². The van der Waals surface area contributed by atoms with E-state index in [1.807, 2.05) is 26.8 Å². The van der Waals surface area contributed by atoms with Crippen molar-refractivity contribution < 1.29 is 40.7 Å². The van der Waals surface area contributed by atoms with E-state index in [1.54, 1.807) is 54.6 Å². The number of para-hydroxylation sites is 1. The molecule has 59 heavy (non-hydrogen) atoms. The topological polar surface area (TPSA) is 50.9 Å². The molecule has 8 rings (SSSR count). The average molecular weight is 800 g/mol. The fourth-order valence-electron chi connectivity index (χ4n) is 7.12. The molecule has 0 saturated carbocycles. The highest BCUT2D eigenvalue weighted by atomic mass is 16.3. The lowest BCUT2D eigenvalue weighted by Crippen LogP contribution is -2.17. The van der Waals surface area contributed by atoms with Crippen molar-refractivity contribution in [3.63, 3.8) is 0 Å². The largest absolute Gasteiger partial charge is 0.507 e. The quantitative estimate of drug-likeness (QED) is 0.182. The van der Waals surface area contributed by atoms with Crippen molar-refractivity contribution in [1.82, 2.24) is 14.5 Å². The van der Waals surface area contributed by atoms with E-state index in [2.05, 4.69) is 4.98 Å². The van der Waals surface area contributed by atoms with Crippen molar-refractivity contribution in [3.05, 3.63) is 168 Å². The number of imidazole rings is 1. The van der Waals surface area contributed by atoms with Gasteiger partial charge in [0.05, 0.1) is 29.1 Å². The molecule has 8 aromatic rings. The first kappa shape index (κ1) is 19.2. The molecule has 2 aromatic heterocycles. The van der Waals surface area contributed by atoms with Crippen molar-refractivity contribution in [3.8, 4) is 67.5 Å². The number of phenolic OH excluding ortho intramolecular Hbond substituents is 1. The monoisotopic (exact) mass is 800 g/mol. The first-order chi connectivity index (χ1) is 38.8. The molecule has 0 amide bonds. The molecule has 0 atom stereocenters. The molecule has 6 aromatic carbocycles. The molecule has 0 aliphatic heterocycles. The number of hydrogen-bond donors (Lipinski definition) is 1. The summed E-state index contributed by atoms with van der Waals surface area (Å²) in [4.78, 5) is 9.60. The van der Waals surface area contributed by atoms with Gasteiger partial charge in [-0.15, -0.1) is 0 Å². The van der Waals surface area contributed by atoms with Crippen molar-refractivity contribution in [2.45, 2.75) is 85.0 Å². The van der Waals surface area contributed by atoms with Crippen LogP contribution in [0.2, 0.25) is 0 Å². The van der Waals surface area contributed by atoms with Gasteiger partial charge >= 0.3 is 0 Å². The Morgan fingerprint density at radius 1 is 0.593 bits per heavy atom. The summed E-state index contributed by atoms with van der Waals surface area (Å²) < 4.78 is 226. The zero-order valence-corrected chi connectivity index (χ0v) is 32.3. The normalized spacial score (nSPS) is 20.3. The molecule has 0 aliphatic carbocycles. The minimum atomic E-state index is -4.25. The fourth-order valence-corrected chi connectivity index (χ4v) is 7.12. The Balaban J connectivity index is 1.59. The van der Waals surface area contributed by atoms with Crippen molar-refractivity contribution in [2.75, 3.05) is 0 Å². The molecule has 0 aliphatic rings. The second-order valence-electron chi connectivity index (χ2n) is 15.4. The Hall–Kier alpha value is -6.26. The SMILES string of the molecule is [2H]c1c([2H])c([2H])c(-c2ccnc(-c3cc(-c4cccc5c4nc(-c4cc(C(C([2H])([2H])[2H])(C([2H])([2H])[2H])C([2H])([2H])[2H])cc(C(C([2H])([2H])[2H])(C([2H])([2H])[2H])C([2H])([2H])[2H])c4O)n5-c4ccc(-c5ccccc5)c(C([2H])([2H])[2H])c4)cc(C(C)(C)C)c3)c2)c([2H])c1[2H]. The van der Waals surface area contributed by atoms with Crippen molar-refractivity contribution in [1.29, 1.82) is 0 Å². The van der Waals surface area contributed by atoms with E-state index in [4.69, 9.17) is 40.6 Å². The van der Waals surface area contributed by atoms with E-state index in [9.17, 15) is 5.11 Å². The lowest BCUT2D eigenvalue weighted by atomic mass is 9.79. The minimum absolute atomic E-state index is 0.0225. The first-order valence-electron chi connectivity index (χ1n) is 31.6. The van der Waals surface area contributed by atoms with E-state index in [0.717, 1.165) is 0 Å². The van der Waals surface area contributed by atoms with Crippen LogP contribution in [-0.2, 0) is 16.2 Å². The number of aromatic nitrogens is 3. The maximum absolute atomic E-state index is 12.9. The van der Waals surface area contributed by atoms with Crippen molar-refractivity contribution in [2.24, 2.45) is 0 Å². The minimum Gasteiger partial charge on any atom is -0.507 e. The maximum Gasteiger partial charge on any atom is 0.149 e. The van der Waals surface area contributed by atoms with Gasteiger partial charge in [0.15, 0.2) is 0 Å². The maximum atomic E-state index is 12.9. The second-order valence-corrected chi connectivity index (χ2v) is 15.4. The molecule has 0 bridgehead atoms. The van der Waals surface area contributed by atoms with Crippen LogP contribution in [-0.4, -0.2) is 19.6 Å². The highest BCUT2D eigenvalue weighted by Gasteiger charge is 2.29. The zero-order valence-electron chi connectivity index (χ0n) is 58.3. The number of aryl methyl sites for hydroxylation is 1. The summed E-state index contributed by atoms with van der Waals surface area (Å²) in [5, 5.41) is 12.9. The van der Waals surface area contributed by atoms with E-state index in [1.165, 1.54) is 47.2 Å². The summed E-state index contributed by atoms with van der Waals surface area (Å²) in [5.74, 6) is -2.17. The Morgan fingerprint density at radius 3 is 2.07 bits per heavy atom. The lowest BCUT2D eigenvalue weighted by Gasteiger charge is -2.27. The Kier molecular flexibility index (Phi) is 4.83. The van der Waals surface area contributed by atoms with E-state index in [0.29, 0.717) is 28.3 Å².